The first-order chi connectivity index (χ1) is 11.0. The van der Waals surface area contributed by atoms with Crippen LogP contribution < -0.4 is 15.8 Å². The molecule has 5 nitrogen and oxygen atoms in total. The predicted octanol–water partition coefficient (Wildman–Crippen LogP) is 3.33. The summed E-state index contributed by atoms with van der Waals surface area (Å²) in [6.45, 7) is 6.04. The molecule has 0 saturated carbocycles. The number of rotatable bonds is 5. The fraction of sp³-hybridized carbons (Fsp3) is 0.588. The Morgan fingerprint density at radius 1 is 1.42 bits per heavy atom. The summed E-state index contributed by atoms with van der Waals surface area (Å²) >= 11 is 6.23. The lowest BCUT2D eigenvalue weighted by Crippen LogP contribution is -2.41. The number of methoxy groups -OCH3 is 1. The van der Waals surface area contributed by atoms with E-state index >= 15 is 0 Å². The number of guanidine groups is 1. The molecule has 1 saturated heterocycles. The number of nitrogens with two attached hydrogens (primary N) is 1. The molecular formula is C17H27ClIN3O2. The van der Waals surface area contributed by atoms with E-state index in [0.717, 1.165) is 24.2 Å². The van der Waals surface area contributed by atoms with Gasteiger partial charge in [-0.3, -0.25) is 4.99 Å². The third kappa shape index (κ3) is 5.39. The number of hydrogen-bond donors (Lipinski definition) is 2. The van der Waals surface area contributed by atoms with Crippen molar-refractivity contribution in [3.63, 3.8) is 0 Å². The van der Waals surface area contributed by atoms with E-state index in [9.17, 15) is 0 Å². The van der Waals surface area contributed by atoms with Crippen molar-refractivity contribution in [1.82, 2.24) is 5.32 Å². The summed E-state index contributed by atoms with van der Waals surface area (Å²) < 4.78 is 11.1. The quantitative estimate of drug-likeness (QED) is 0.396. The van der Waals surface area contributed by atoms with Gasteiger partial charge in [0, 0.05) is 35.3 Å². The highest BCUT2D eigenvalue weighted by molar-refractivity contribution is 14.0. The maximum absolute atomic E-state index is 6.23. The Bertz CT molecular complexity index is 561. The van der Waals surface area contributed by atoms with Gasteiger partial charge in [0.15, 0.2) is 5.96 Å². The van der Waals surface area contributed by atoms with Crippen molar-refractivity contribution in [1.29, 1.82) is 0 Å². The molecule has 2 rings (SSSR count). The number of halogens is 2. The van der Waals surface area contributed by atoms with Gasteiger partial charge in [-0.2, -0.15) is 0 Å². The van der Waals surface area contributed by atoms with Crippen LogP contribution in [0.1, 0.15) is 32.3 Å². The molecule has 0 atom stereocenters. The number of nitrogens with zero attached hydrogens (tertiary/aromatic N) is 1. The average molecular weight is 468 g/mol. The molecule has 0 radical (unpaired) electrons. The fourth-order valence-electron chi connectivity index (χ4n) is 2.95. The van der Waals surface area contributed by atoms with Crippen molar-refractivity contribution < 1.29 is 9.47 Å². The number of ether oxygens (including phenoxy) is 2. The molecule has 0 bridgehead atoms. The molecule has 0 amide bonds. The smallest absolute Gasteiger partial charge is 0.188 e. The molecule has 1 aliphatic heterocycles. The largest absolute Gasteiger partial charge is 0.496 e. The van der Waals surface area contributed by atoms with Crippen LogP contribution in [0, 0.1) is 0 Å². The maximum Gasteiger partial charge on any atom is 0.188 e. The lowest BCUT2D eigenvalue weighted by Gasteiger charge is -2.37. The zero-order valence-corrected chi connectivity index (χ0v) is 17.6. The molecule has 1 aromatic rings. The molecule has 1 fully saturated rings. The van der Waals surface area contributed by atoms with Gasteiger partial charge in [-0.25, -0.2) is 0 Å². The summed E-state index contributed by atoms with van der Waals surface area (Å²) in [4.78, 5) is 4.57. The highest BCUT2D eigenvalue weighted by Crippen LogP contribution is 2.41. The number of hydrogen-bond acceptors (Lipinski definition) is 3. The van der Waals surface area contributed by atoms with E-state index in [1.807, 2.05) is 32.0 Å². The van der Waals surface area contributed by atoms with E-state index in [4.69, 9.17) is 26.8 Å². The molecule has 0 aliphatic carbocycles. The molecule has 0 aromatic heterocycles. The van der Waals surface area contributed by atoms with Crippen LogP contribution in [-0.2, 0) is 10.2 Å². The van der Waals surface area contributed by atoms with Crippen molar-refractivity contribution in [2.45, 2.75) is 38.1 Å². The maximum atomic E-state index is 6.23. The van der Waals surface area contributed by atoms with Gasteiger partial charge in [0.25, 0.3) is 0 Å². The standard InChI is InChI=1S/C17H26ClN3O2.HI/c1-12(2)21-16(19)20-11-17(6-8-23-9-7-17)14-10-13(18)4-5-15(14)22-3;/h4-5,10,12H,6-9,11H2,1-3H3,(H3,19,20,21);1H. The van der Waals surface area contributed by atoms with Gasteiger partial charge in [0.05, 0.1) is 13.7 Å². The summed E-state index contributed by atoms with van der Waals surface area (Å²) in [5, 5.41) is 3.83. The van der Waals surface area contributed by atoms with Crippen molar-refractivity contribution in [3.05, 3.63) is 28.8 Å². The van der Waals surface area contributed by atoms with E-state index in [-0.39, 0.29) is 35.4 Å². The topological polar surface area (TPSA) is 68.9 Å². The summed E-state index contributed by atoms with van der Waals surface area (Å²) in [7, 11) is 1.68. The van der Waals surface area contributed by atoms with Gasteiger partial charge in [-0.1, -0.05) is 11.6 Å². The first kappa shape index (κ1) is 21.3. The normalized spacial score (nSPS) is 17.3. The summed E-state index contributed by atoms with van der Waals surface area (Å²) in [5.41, 5.74) is 6.89. The molecule has 0 spiro atoms. The Kier molecular flexibility index (Phi) is 8.59. The molecule has 1 aromatic carbocycles. The molecule has 1 heterocycles. The second-order valence-electron chi connectivity index (χ2n) is 6.24. The third-order valence-corrected chi connectivity index (χ3v) is 4.41. The summed E-state index contributed by atoms with van der Waals surface area (Å²) in [6, 6.07) is 5.99. The number of benzene rings is 1. The number of aliphatic imine (C=N–C) groups is 1. The van der Waals surface area contributed by atoms with Crippen molar-refractivity contribution in [3.8, 4) is 5.75 Å². The van der Waals surface area contributed by atoms with E-state index in [0.29, 0.717) is 30.7 Å². The third-order valence-electron chi connectivity index (χ3n) is 4.17. The zero-order chi connectivity index (χ0) is 16.9. The van der Waals surface area contributed by atoms with Gasteiger partial charge >= 0.3 is 0 Å². The predicted molar refractivity (Wildman–Crippen MR) is 110 cm³/mol. The van der Waals surface area contributed by atoms with E-state index in [1.165, 1.54) is 0 Å². The fourth-order valence-corrected chi connectivity index (χ4v) is 3.12. The highest BCUT2D eigenvalue weighted by Gasteiger charge is 2.37. The SMILES string of the molecule is COc1ccc(Cl)cc1C1(CN=C(N)NC(C)C)CCOCC1.I. The first-order valence-corrected chi connectivity index (χ1v) is 8.33. The van der Waals surface area contributed by atoms with Crippen LogP contribution in [0.15, 0.2) is 23.2 Å². The van der Waals surface area contributed by atoms with Crippen LogP contribution in [0.2, 0.25) is 5.02 Å². The Morgan fingerprint density at radius 2 is 2.08 bits per heavy atom. The molecule has 136 valence electrons. The molecule has 24 heavy (non-hydrogen) atoms. The molecule has 1 aliphatic rings. The van der Waals surface area contributed by atoms with Crippen molar-refractivity contribution in [2.24, 2.45) is 10.7 Å². The van der Waals surface area contributed by atoms with Crippen LogP contribution in [0.4, 0.5) is 0 Å². The van der Waals surface area contributed by atoms with Gasteiger partial charge in [0.1, 0.15) is 5.75 Å². The molecule has 3 N–H and O–H groups in total. The second kappa shape index (κ2) is 9.68. The Hall–Kier alpha value is -0.730. The Morgan fingerprint density at radius 3 is 2.67 bits per heavy atom. The van der Waals surface area contributed by atoms with Gasteiger partial charge < -0.3 is 20.5 Å². The monoisotopic (exact) mass is 467 g/mol. The Balaban J connectivity index is 0.00000288. The van der Waals surface area contributed by atoms with Crippen molar-refractivity contribution >= 4 is 41.5 Å². The summed E-state index contributed by atoms with van der Waals surface area (Å²) in [6.07, 6.45) is 1.73. The average Bonchev–Trinajstić information content (AvgIpc) is 2.53. The Labute approximate surface area is 166 Å². The molecular weight excluding hydrogens is 441 g/mol. The van der Waals surface area contributed by atoms with Crippen molar-refractivity contribution in [2.75, 3.05) is 26.9 Å². The highest BCUT2D eigenvalue weighted by atomic mass is 127. The minimum absolute atomic E-state index is 0. The van der Waals surface area contributed by atoms with Crippen LogP contribution in [0.3, 0.4) is 0 Å². The van der Waals surface area contributed by atoms with E-state index < -0.39 is 0 Å². The van der Waals surface area contributed by atoms with E-state index in [1.54, 1.807) is 7.11 Å². The van der Waals surface area contributed by atoms with Crippen LogP contribution >= 0.6 is 35.6 Å². The van der Waals surface area contributed by atoms with Crippen LogP contribution in [0.5, 0.6) is 5.75 Å². The first-order valence-electron chi connectivity index (χ1n) is 7.95. The van der Waals surface area contributed by atoms with Gasteiger partial charge in [-0.15, -0.1) is 24.0 Å². The summed E-state index contributed by atoms with van der Waals surface area (Å²) in [5.74, 6) is 1.30. The van der Waals surface area contributed by atoms with E-state index in [2.05, 4.69) is 10.3 Å². The van der Waals surface area contributed by atoms with Crippen LogP contribution in [-0.4, -0.2) is 38.9 Å². The second-order valence-corrected chi connectivity index (χ2v) is 6.67. The van der Waals surface area contributed by atoms with Gasteiger partial charge in [-0.05, 0) is 44.9 Å². The molecule has 7 heteroatoms. The lowest BCUT2D eigenvalue weighted by atomic mass is 9.73. The molecule has 0 unspecified atom stereocenters. The van der Waals surface area contributed by atoms with Crippen LogP contribution in [0.25, 0.3) is 0 Å². The minimum atomic E-state index is -0.169. The lowest BCUT2D eigenvalue weighted by molar-refractivity contribution is 0.0523. The number of nitrogens with one attached hydrogen (secondary N) is 1. The van der Waals surface area contributed by atoms with Gasteiger partial charge in [0.2, 0.25) is 0 Å². The zero-order valence-electron chi connectivity index (χ0n) is 14.5. The minimum Gasteiger partial charge on any atom is -0.496 e.